The summed E-state index contributed by atoms with van der Waals surface area (Å²) >= 11 is 0. The number of aryl methyl sites for hydroxylation is 1. The maximum Gasteiger partial charge on any atom is 0.356 e. The van der Waals surface area contributed by atoms with Gasteiger partial charge >= 0.3 is 5.71 Å². The third kappa shape index (κ3) is 4.43. The first kappa shape index (κ1) is 19.5. The second-order valence-corrected chi connectivity index (χ2v) is 7.40. The Morgan fingerprint density at radius 2 is 1.69 bits per heavy atom. The van der Waals surface area contributed by atoms with Crippen LogP contribution in [0.15, 0.2) is 53.4 Å². The van der Waals surface area contributed by atoms with E-state index in [1.165, 1.54) is 26.2 Å². The van der Waals surface area contributed by atoms with E-state index in [4.69, 9.17) is 4.74 Å². The standard InChI is InChI=1S/C18H19N3O4S/c1-12-4-10-16(11-5-12)26(23,24)21-18(17(20-19)13(2)22)14-6-8-15(25-3)9-7-14/h4-11,18,21H,1-3H3. The number of hydrogen-bond acceptors (Lipinski definition) is 4. The summed E-state index contributed by atoms with van der Waals surface area (Å²) in [5.41, 5.74) is 10.3. The fourth-order valence-corrected chi connectivity index (χ4v) is 3.54. The molecule has 0 spiro atoms. The van der Waals surface area contributed by atoms with E-state index in [-0.39, 0.29) is 10.6 Å². The van der Waals surface area contributed by atoms with Crippen LogP contribution < -0.4 is 9.46 Å². The van der Waals surface area contributed by atoms with Crippen molar-refractivity contribution in [3.63, 3.8) is 0 Å². The SMILES string of the molecule is COc1ccc(C(NS(=O)(=O)c2ccc(C)cc2)C(=[N+]=[N-])C(C)=O)cc1. The van der Waals surface area contributed by atoms with Gasteiger partial charge in [0.2, 0.25) is 15.8 Å². The summed E-state index contributed by atoms with van der Waals surface area (Å²) in [5, 5.41) is 0. The number of nitrogens with one attached hydrogen (secondary N) is 1. The summed E-state index contributed by atoms with van der Waals surface area (Å²) in [6.07, 6.45) is 0. The van der Waals surface area contributed by atoms with Gasteiger partial charge < -0.3 is 10.3 Å². The molecule has 7 nitrogen and oxygen atoms in total. The summed E-state index contributed by atoms with van der Waals surface area (Å²) in [7, 11) is -2.45. The number of carbonyl (C=O) groups excluding carboxylic acids is 1. The summed E-state index contributed by atoms with van der Waals surface area (Å²) in [6, 6.07) is 11.6. The van der Waals surface area contributed by atoms with Crippen molar-refractivity contribution in [1.82, 2.24) is 4.72 Å². The van der Waals surface area contributed by atoms with Crippen LogP contribution in [0.2, 0.25) is 0 Å². The van der Waals surface area contributed by atoms with Crippen molar-refractivity contribution in [3.8, 4) is 5.75 Å². The molecule has 2 rings (SSSR count). The normalized spacial score (nSPS) is 12.1. The number of hydrogen-bond donors (Lipinski definition) is 1. The molecule has 0 bridgehead atoms. The number of methoxy groups -OCH3 is 1. The molecule has 0 aliphatic carbocycles. The lowest BCUT2D eigenvalue weighted by molar-refractivity contribution is -0.115. The number of carbonyl (C=O) groups is 1. The molecule has 1 N–H and O–H groups in total. The van der Waals surface area contributed by atoms with E-state index in [1.54, 1.807) is 36.4 Å². The van der Waals surface area contributed by atoms with Crippen LogP contribution in [-0.2, 0) is 14.8 Å². The third-order valence-corrected chi connectivity index (χ3v) is 5.23. The van der Waals surface area contributed by atoms with E-state index in [2.05, 4.69) is 9.51 Å². The summed E-state index contributed by atoms with van der Waals surface area (Å²) in [6.45, 7) is 3.04. The van der Waals surface area contributed by atoms with E-state index >= 15 is 0 Å². The Balaban J connectivity index is 2.48. The van der Waals surface area contributed by atoms with Crippen LogP contribution in [0.1, 0.15) is 24.1 Å². The lowest BCUT2D eigenvalue weighted by Crippen LogP contribution is -2.37. The largest absolute Gasteiger partial charge is 0.497 e. The molecule has 2 aromatic carbocycles. The maximum absolute atomic E-state index is 12.7. The van der Waals surface area contributed by atoms with Crippen molar-refractivity contribution in [3.05, 3.63) is 65.2 Å². The van der Waals surface area contributed by atoms with E-state index in [9.17, 15) is 18.7 Å². The minimum absolute atomic E-state index is 0.0439. The summed E-state index contributed by atoms with van der Waals surface area (Å²) < 4.78 is 32.9. The zero-order valence-electron chi connectivity index (χ0n) is 14.6. The monoisotopic (exact) mass is 373 g/mol. The molecule has 26 heavy (non-hydrogen) atoms. The fourth-order valence-electron chi connectivity index (χ4n) is 2.35. The first-order valence-electron chi connectivity index (χ1n) is 7.74. The van der Waals surface area contributed by atoms with Gasteiger partial charge in [-0.1, -0.05) is 29.8 Å². The summed E-state index contributed by atoms with van der Waals surface area (Å²) in [5.74, 6) is 0.0131. The molecule has 1 unspecified atom stereocenters. The zero-order valence-corrected chi connectivity index (χ0v) is 15.4. The molecule has 8 heteroatoms. The predicted octanol–water partition coefficient (Wildman–Crippen LogP) is 2.28. The molecule has 136 valence electrons. The van der Waals surface area contributed by atoms with Gasteiger partial charge in [-0.3, -0.25) is 4.79 Å². The van der Waals surface area contributed by atoms with Crippen molar-refractivity contribution in [2.45, 2.75) is 24.8 Å². The van der Waals surface area contributed by atoms with Crippen LogP contribution in [0.3, 0.4) is 0 Å². The average molecular weight is 373 g/mol. The van der Waals surface area contributed by atoms with Crippen molar-refractivity contribution in [2.24, 2.45) is 0 Å². The number of benzene rings is 2. The molecule has 0 radical (unpaired) electrons. The Kier molecular flexibility index (Phi) is 6.05. The van der Waals surface area contributed by atoms with Crippen LogP contribution in [0, 0.1) is 6.92 Å². The number of sulfonamides is 1. The van der Waals surface area contributed by atoms with Gasteiger partial charge in [0.05, 0.1) is 12.0 Å². The fraction of sp³-hybridized carbons (Fsp3) is 0.222. The third-order valence-electron chi connectivity index (χ3n) is 3.80. The second-order valence-electron chi connectivity index (χ2n) is 5.68. The Bertz CT molecular complexity index is 945. The molecule has 0 aliphatic rings. The minimum Gasteiger partial charge on any atom is -0.497 e. The molecule has 0 saturated carbocycles. The van der Waals surface area contributed by atoms with Crippen molar-refractivity contribution in [1.29, 1.82) is 0 Å². The van der Waals surface area contributed by atoms with E-state index in [0.29, 0.717) is 11.3 Å². The molecule has 2 aromatic rings. The van der Waals surface area contributed by atoms with E-state index in [0.717, 1.165) is 5.56 Å². The van der Waals surface area contributed by atoms with E-state index in [1.807, 2.05) is 6.92 Å². The highest BCUT2D eigenvalue weighted by Crippen LogP contribution is 2.22. The molecule has 0 aliphatic heterocycles. The van der Waals surface area contributed by atoms with Crippen LogP contribution in [0.4, 0.5) is 0 Å². The van der Waals surface area contributed by atoms with Gasteiger partial charge in [-0.25, -0.2) is 8.42 Å². The average Bonchev–Trinajstić information content (AvgIpc) is 2.61. The number of ether oxygens (including phenoxy) is 1. The van der Waals surface area contributed by atoms with Gasteiger partial charge in [0.15, 0.2) is 6.04 Å². The summed E-state index contributed by atoms with van der Waals surface area (Å²) in [4.78, 5) is 14.9. The quantitative estimate of drug-likeness (QED) is 0.456. The van der Waals surface area contributed by atoms with Crippen molar-refractivity contribution < 1.29 is 22.7 Å². The van der Waals surface area contributed by atoms with Gasteiger partial charge in [0.25, 0.3) is 0 Å². The number of nitrogens with zero attached hydrogens (tertiary/aromatic N) is 2. The number of ketones is 1. The zero-order chi connectivity index (χ0) is 19.3. The Hall–Kier alpha value is -2.80. The lowest BCUT2D eigenvalue weighted by Gasteiger charge is -2.15. The van der Waals surface area contributed by atoms with Crippen LogP contribution in [0.5, 0.6) is 5.75 Å². The molecule has 0 heterocycles. The van der Waals surface area contributed by atoms with Crippen molar-refractivity contribution in [2.75, 3.05) is 7.11 Å². The smallest absolute Gasteiger partial charge is 0.356 e. The maximum atomic E-state index is 12.7. The molecule has 0 aromatic heterocycles. The van der Waals surface area contributed by atoms with Gasteiger partial charge in [-0.05, 0) is 36.8 Å². The highest BCUT2D eigenvalue weighted by molar-refractivity contribution is 7.89. The Labute approximate surface area is 152 Å². The molecule has 1 atom stereocenters. The highest BCUT2D eigenvalue weighted by Gasteiger charge is 2.34. The Morgan fingerprint density at radius 1 is 1.12 bits per heavy atom. The Morgan fingerprint density at radius 3 is 2.15 bits per heavy atom. The first-order valence-corrected chi connectivity index (χ1v) is 9.22. The minimum atomic E-state index is -3.95. The van der Waals surface area contributed by atoms with Crippen molar-refractivity contribution >= 4 is 21.5 Å². The molecule has 0 saturated heterocycles. The molecule has 0 fully saturated rings. The second kappa shape index (κ2) is 8.05. The number of Topliss-reactive ketones (excluding diaryl/α,β-unsaturated/α-hetero) is 1. The van der Waals surface area contributed by atoms with Crippen LogP contribution >= 0.6 is 0 Å². The lowest BCUT2D eigenvalue weighted by atomic mass is 10.0. The van der Waals surface area contributed by atoms with Crippen LogP contribution in [-0.4, -0.2) is 31.8 Å². The molecular formula is C18H19N3O4S. The van der Waals surface area contributed by atoms with E-state index < -0.39 is 21.8 Å². The van der Waals surface area contributed by atoms with Crippen LogP contribution in [0.25, 0.3) is 5.53 Å². The predicted molar refractivity (Wildman–Crippen MR) is 96.5 cm³/mol. The molecule has 0 amide bonds. The van der Waals surface area contributed by atoms with Gasteiger partial charge in [0, 0.05) is 6.92 Å². The highest BCUT2D eigenvalue weighted by atomic mass is 32.2. The molecular weight excluding hydrogens is 354 g/mol. The van der Waals surface area contributed by atoms with Gasteiger partial charge in [-0.2, -0.15) is 9.51 Å². The first-order chi connectivity index (χ1) is 12.3. The number of rotatable bonds is 7. The topological polar surface area (TPSA) is 109 Å². The van der Waals surface area contributed by atoms with Gasteiger partial charge in [0.1, 0.15) is 5.75 Å². The van der Waals surface area contributed by atoms with Gasteiger partial charge in [-0.15, -0.1) is 0 Å².